The molecule has 2 N–H and O–H groups in total. The summed E-state index contributed by atoms with van der Waals surface area (Å²) in [6.07, 6.45) is 3.89. The van der Waals surface area contributed by atoms with Crippen molar-refractivity contribution in [2.45, 2.75) is 19.3 Å². The van der Waals surface area contributed by atoms with Crippen LogP contribution in [0.5, 0.6) is 0 Å². The molecule has 5 nitrogen and oxygen atoms in total. The van der Waals surface area contributed by atoms with Crippen molar-refractivity contribution in [1.29, 1.82) is 0 Å². The number of hydrogen-bond acceptors (Lipinski definition) is 6. The molecule has 1 saturated heterocycles. The summed E-state index contributed by atoms with van der Waals surface area (Å²) in [5.74, 6) is -0.204. The molecule has 140 valence electrons. The van der Waals surface area contributed by atoms with Crippen LogP contribution in [-0.2, 0) is 0 Å². The minimum atomic E-state index is -0.249. The molecule has 8 heteroatoms. The number of amides is 1. The lowest BCUT2D eigenvalue weighted by atomic mass is 10.1. The fraction of sp³-hybridized carbons (Fsp3) is 0.444. The van der Waals surface area contributed by atoms with E-state index in [0.29, 0.717) is 27.0 Å². The Labute approximate surface area is 166 Å². The molecule has 1 fully saturated rings. The SMILES string of the molecule is O=C(CNCCN1CCCCC1)c1cc(NC(=O)c2sccc2Cl)cs1. The fourth-order valence-corrected chi connectivity index (χ4v) is 4.72. The molecule has 0 radical (unpaired) electrons. The summed E-state index contributed by atoms with van der Waals surface area (Å²) in [7, 11) is 0. The smallest absolute Gasteiger partial charge is 0.267 e. The number of nitrogens with one attached hydrogen (secondary N) is 2. The van der Waals surface area contributed by atoms with Crippen LogP contribution in [0.2, 0.25) is 5.02 Å². The summed E-state index contributed by atoms with van der Waals surface area (Å²) in [4.78, 5) is 28.0. The van der Waals surface area contributed by atoms with E-state index < -0.39 is 0 Å². The van der Waals surface area contributed by atoms with E-state index in [1.807, 2.05) is 0 Å². The summed E-state index contributed by atoms with van der Waals surface area (Å²) in [6.45, 7) is 4.45. The standard InChI is InChI=1S/C18H22ClN3O2S2/c19-14-4-9-25-17(14)18(24)21-13-10-16(26-12-13)15(23)11-20-5-8-22-6-2-1-3-7-22/h4,9-10,12,20H,1-3,5-8,11H2,(H,21,24). The van der Waals surface area contributed by atoms with Crippen LogP contribution in [0, 0.1) is 0 Å². The molecular weight excluding hydrogens is 390 g/mol. The molecule has 26 heavy (non-hydrogen) atoms. The van der Waals surface area contributed by atoms with E-state index in [-0.39, 0.29) is 11.7 Å². The molecule has 0 aliphatic carbocycles. The van der Waals surface area contributed by atoms with E-state index in [2.05, 4.69) is 15.5 Å². The highest BCUT2D eigenvalue weighted by Crippen LogP contribution is 2.25. The van der Waals surface area contributed by atoms with Crippen molar-refractivity contribution in [3.05, 3.63) is 37.7 Å². The van der Waals surface area contributed by atoms with E-state index >= 15 is 0 Å². The Hall–Kier alpha value is -1.25. The lowest BCUT2D eigenvalue weighted by Crippen LogP contribution is -2.37. The van der Waals surface area contributed by atoms with E-state index in [1.54, 1.807) is 22.9 Å². The first-order valence-corrected chi connectivity index (χ1v) is 10.9. The zero-order valence-electron chi connectivity index (χ0n) is 14.4. The number of Topliss-reactive ketones (excluding diaryl/α,β-unsaturated/α-hetero) is 1. The van der Waals surface area contributed by atoms with Crippen LogP contribution >= 0.6 is 34.3 Å². The lowest BCUT2D eigenvalue weighted by molar-refractivity contribution is 0.0991. The number of likely N-dealkylation sites (tertiary alicyclic amines) is 1. The average Bonchev–Trinajstić information content (AvgIpc) is 3.28. The van der Waals surface area contributed by atoms with E-state index in [0.717, 1.165) is 26.2 Å². The summed E-state index contributed by atoms with van der Waals surface area (Å²) >= 11 is 8.61. The Morgan fingerprint density at radius 3 is 2.73 bits per heavy atom. The van der Waals surface area contributed by atoms with Gasteiger partial charge in [-0.25, -0.2) is 0 Å². The number of carbonyl (C=O) groups is 2. The number of rotatable bonds is 8. The maximum Gasteiger partial charge on any atom is 0.267 e. The van der Waals surface area contributed by atoms with Crippen LogP contribution in [0.4, 0.5) is 5.69 Å². The molecule has 1 aliphatic rings. The van der Waals surface area contributed by atoms with Gasteiger partial charge in [0, 0.05) is 18.5 Å². The van der Waals surface area contributed by atoms with Crippen LogP contribution < -0.4 is 10.6 Å². The summed E-state index contributed by atoms with van der Waals surface area (Å²) in [5, 5.41) is 10.0. The Balaban J connectivity index is 1.42. The van der Waals surface area contributed by atoms with Crippen LogP contribution in [0.3, 0.4) is 0 Å². The van der Waals surface area contributed by atoms with Gasteiger partial charge in [0.25, 0.3) is 5.91 Å². The monoisotopic (exact) mass is 411 g/mol. The van der Waals surface area contributed by atoms with E-state index in [9.17, 15) is 9.59 Å². The third-order valence-electron chi connectivity index (χ3n) is 4.29. The van der Waals surface area contributed by atoms with Crippen molar-refractivity contribution in [3.63, 3.8) is 0 Å². The van der Waals surface area contributed by atoms with Gasteiger partial charge in [0.1, 0.15) is 4.88 Å². The van der Waals surface area contributed by atoms with Gasteiger partial charge in [0.15, 0.2) is 5.78 Å². The fourth-order valence-electron chi connectivity index (χ4n) is 2.90. The highest BCUT2D eigenvalue weighted by Gasteiger charge is 2.15. The summed E-state index contributed by atoms with van der Waals surface area (Å²) < 4.78 is 0. The predicted molar refractivity (Wildman–Crippen MR) is 109 cm³/mol. The molecule has 0 aromatic carbocycles. The molecule has 0 atom stereocenters. The predicted octanol–water partition coefficient (Wildman–Crippen LogP) is 3.97. The molecule has 3 rings (SSSR count). The highest BCUT2D eigenvalue weighted by atomic mass is 35.5. The Morgan fingerprint density at radius 1 is 1.19 bits per heavy atom. The molecule has 2 aromatic heterocycles. The summed E-state index contributed by atoms with van der Waals surface area (Å²) in [5.41, 5.74) is 0.626. The zero-order valence-corrected chi connectivity index (χ0v) is 16.8. The van der Waals surface area contributed by atoms with E-state index in [1.165, 1.54) is 41.9 Å². The maximum absolute atomic E-state index is 12.3. The second kappa shape index (κ2) is 9.62. The molecular formula is C18H22ClN3O2S2. The second-order valence-electron chi connectivity index (χ2n) is 6.25. The van der Waals surface area contributed by atoms with Gasteiger partial charge in [-0.2, -0.15) is 0 Å². The third-order valence-corrected chi connectivity index (χ3v) is 6.61. The van der Waals surface area contributed by atoms with Crippen LogP contribution in [0.15, 0.2) is 22.9 Å². The molecule has 0 spiro atoms. The minimum Gasteiger partial charge on any atom is -0.320 e. The molecule has 0 saturated carbocycles. The van der Waals surface area contributed by atoms with Crippen molar-refractivity contribution in [1.82, 2.24) is 10.2 Å². The molecule has 1 aliphatic heterocycles. The molecule has 2 aromatic rings. The minimum absolute atomic E-state index is 0.0447. The molecule has 0 unspecified atom stereocenters. The van der Waals surface area contributed by atoms with Gasteiger partial charge in [-0.05, 0) is 43.4 Å². The van der Waals surface area contributed by atoms with Crippen LogP contribution in [0.1, 0.15) is 38.6 Å². The van der Waals surface area contributed by atoms with Crippen molar-refractivity contribution in [3.8, 4) is 0 Å². The van der Waals surface area contributed by atoms with Crippen molar-refractivity contribution in [2.24, 2.45) is 0 Å². The first-order chi connectivity index (χ1) is 12.6. The van der Waals surface area contributed by atoms with Gasteiger partial charge < -0.3 is 15.5 Å². The number of anilines is 1. The van der Waals surface area contributed by atoms with Gasteiger partial charge >= 0.3 is 0 Å². The van der Waals surface area contributed by atoms with Gasteiger partial charge in [-0.1, -0.05) is 18.0 Å². The molecule has 0 bridgehead atoms. The molecule has 1 amide bonds. The number of piperidine rings is 1. The average molecular weight is 412 g/mol. The maximum atomic E-state index is 12.3. The van der Waals surface area contributed by atoms with Crippen LogP contribution in [-0.4, -0.2) is 49.3 Å². The van der Waals surface area contributed by atoms with Crippen molar-refractivity contribution < 1.29 is 9.59 Å². The largest absolute Gasteiger partial charge is 0.320 e. The van der Waals surface area contributed by atoms with Gasteiger partial charge in [-0.15, -0.1) is 22.7 Å². The van der Waals surface area contributed by atoms with Gasteiger partial charge in [0.05, 0.1) is 22.1 Å². The number of ketones is 1. The van der Waals surface area contributed by atoms with Gasteiger partial charge in [0.2, 0.25) is 0 Å². The van der Waals surface area contributed by atoms with Crippen molar-refractivity contribution in [2.75, 3.05) is 38.0 Å². The normalized spacial score (nSPS) is 15.1. The van der Waals surface area contributed by atoms with Crippen molar-refractivity contribution >= 4 is 51.7 Å². The number of thiophene rings is 2. The third kappa shape index (κ3) is 5.37. The summed E-state index contributed by atoms with van der Waals surface area (Å²) in [6, 6.07) is 3.41. The lowest BCUT2D eigenvalue weighted by Gasteiger charge is -2.26. The number of hydrogen-bond donors (Lipinski definition) is 2. The van der Waals surface area contributed by atoms with E-state index in [4.69, 9.17) is 11.6 Å². The molecule has 3 heterocycles. The first-order valence-electron chi connectivity index (χ1n) is 8.72. The number of nitrogens with zero attached hydrogens (tertiary/aromatic N) is 1. The second-order valence-corrected chi connectivity index (χ2v) is 8.49. The quantitative estimate of drug-likeness (QED) is 0.509. The highest BCUT2D eigenvalue weighted by molar-refractivity contribution is 7.13. The Morgan fingerprint density at radius 2 is 2.00 bits per heavy atom. The zero-order chi connectivity index (χ0) is 18.4. The number of halogens is 1. The topological polar surface area (TPSA) is 61.4 Å². The Bertz CT molecular complexity index is 753. The Kier molecular flexibility index (Phi) is 7.22. The first kappa shape index (κ1) is 19.5. The number of carbonyl (C=O) groups excluding carboxylic acids is 2. The van der Waals surface area contributed by atoms with Crippen LogP contribution in [0.25, 0.3) is 0 Å². The van der Waals surface area contributed by atoms with Gasteiger partial charge in [-0.3, -0.25) is 9.59 Å².